The molecule has 0 radical (unpaired) electrons. The summed E-state index contributed by atoms with van der Waals surface area (Å²) < 4.78 is 13.2. The van der Waals surface area contributed by atoms with Crippen LogP contribution >= 0.6 is 0 Å². The first-order chi connectivity index (χ1) is 12.2. The first-order valence-electron chi connectivity index (χ1n) is 8.25. The molecule has 3 heterocycles. The van der Waals surface area contributed by atoms with Crippen molar-refractivity contribution in [1.29, 1.82) is 0 Å². The lowest BCUT2D eigenvalue weighted by molar-refractivity contribution is 0.628. The quantitative estimate of drug-likeness (QED) is 0.797. The van der Waals surface area contributed by atoms with Gasteiger partial charge in [-0.2, -0.15) is 0 Å². The maximum absolute atomic E-state index is 13.2. The fraction of sp³-hybridized carbons (Fsp3) is 0.211. The lowest BCUT2D eigenvalue weighted by atomic mass is 10.1. The molecule has 5 nitrogen and oxygen atoms in total. The van der Waals surface area contributed by atoms with E-state index in [9.17, 15) is 4.39 Å². The lowest BCUT2D eigenvalue weighted by Crippen LogP contribution is -2.27. The third kappa shape index (κ3) is 3.34. The van der Waals surface area contributed by atoms with Gasteiger partial charge in [0.2, 0.25) is 0 Å². The average molecular weight is 335 g/mol. The van der Waals surface area contributed by atoms with Gasteiger partial charge in [-0.3, -0.25) is 4.98 Å². The summed E-state index contributed by atoms with van der Waals surface area (Å²) in [6.45, 7) is 1.64. The normalized spacial score (nSPS) is 17.0. The summed E-state index contributed by atoms with van der Waals surface area (Å²) in [5.41, 5.74) is 8.52. The molecule has 4 rings (SSSR count). The van der Waals surface area contributed by atoms with E-state index < -0.39 is 0 Å². The zero-order valence-corrected chi connectivity index (χ0v) is 13.6. The van der Waals surface area contributed by atoms with Crippen LogP contribution in [-0.2, 0) is 0 Å². The molecule has 2 N–H and O–H groups in total. The van der Waals surface area contributed by atoms with Crippen LogP contribution in [0.25, 0.3) is 22.6 Å². The van der Waals surface area contributed by atoms with Crippen molar-refractivity contribution in [3.63, 3.8) is 0 Å². The number of aromatic nitrogens is 3. The topological polar surface area (TPSA) is 67.9 Å². The standard InChI is InChI=1S/C19H18FN5/c20-15-5-3-13(4-6-15)19-23-17(14-2-1-8-22-11-14)10-18(24-19)25-9-7-16(21)12-25/h1-6,8,10-11,16H,7,9,12,21H2. The minimum Gasteiger partial charge on any atom is -0.355 e. The molecular formula is C19H18FN5. The summed E-state index contributed by atoms with van der Waals surface area (Å²) in [5, 5.41) is 0. The first kappa shape index (κ1) is 15.7. The van der Waals surface area contributed by atoms with Crippen molar-refractivity contribution in [3.05, 3.63) is 60.7 Å². The molecule has 2 aromatic heterocycles. The Morgan fingerprint density at radius 1 is 1.08 bits per heavy atom. The maximum Gasteiger partial charge on any atom is 0.162 e. The van der Waals surface area contributed by atoms with Crippen LogP contribution in [0.3, 0.4) is 0 Å². The zero-order chi connectivity index (χ0) is 17.2. The SMILES string of the molecule is NC1CCN(c2cc(-c3cccnc3)nc(-c3ccc(F)cc3)n2)C1. The Balaban J connectivity index is 1.81. The van der Waals surface area contributed by atoms with E-state index in [2.05, 4.69) is 14.9 Å². The Morgan fingerprint density at radius 2 is 1.92 bits per heavy atom. The Bertz CT molecular complexity index is 867. The van der Waals surface area contributed by atoms with Crippen LogP contribution in [0.2, 0.25) is 0 Å². The van der Waals surface area contributed by atoms with Crippen molar-refractivity contribution in [2.75, 3.05) is 18.0 Å². The Hall–Kier alpha value is -2.86. The van der Waals surface area contributed by atoms with Crippen molar-refractivity contribution < 1.29 is 4.39 Å². The number of benzene rings is 1. The molecule has 0 spiro atoms. The van der Waals surface area contributed by atoms with Gasteiger partial charge in [0, 0.05) is 48.7 Å². The predicted molar refractivity (Wildman–Crippen MR) is 95.5 cm³/mol. The second-order valence-electron chi connectivity index (χ2n) is 6.18. The van der Waals surface area contributed by atoms with Crippen LogP contribution in [0.4, 0.5) is 10.2 Å². The highest BCUT2D eigenvalue weighted by Gasteiger charge is 2.22. The molecule has 1 fully saturated rings. The van der Waals surface area contributed by atoms with E-state index in [0.717, 1.165) is 42.1 Å². The summed E-state index contributed by atoms with van der Waals surface area (Å²) >= 11 is 0. The molecule has 1 unspecified atom stereocenters. The summed E-state index contributed by atoms with van der Waals surface area (Å²) in [6, 6.07) is 12.2. The maximum atomic E-state index is 13.2. The van der Waals surface area contributed by atoms with Crippen LogP contribution in [-0.4, -0.2) is 34.1 Å². The molecule has 3 aromatic rings. The second kappa shape index (κ2) is 6.57. The van der Waals surface area contributed by atoms with E-state index in [1.807, 2.05) is 18.2 Å². The molecule has 1 atom stereocenters. The second-order valence-corrected chi connectivity index (χ2v) is 6.18. The van der Waals surface area contributed by atoms with Gasteiger partial charge in [-0.15, -0.1) is 0 Å². The van der Waals surface area contributed by atoms with Crippen LogP contribution < -0.4 is 10.6 Å². The third-order valence-corrected chi connectivity index (χ3v) is 4.32. The molecule has 25 heavy (non-hydrogen) atoms. The number of hydrogen-bond donors (Lipinski definition) is 1. The zero-order valence-electron chi connectivity index (χ0n) is 13.6. The van der Waals surface area contributed by atoms with E-state index in [1.165, 1.54) is 12.1 Å². The van der Waals surface area contributed by atoms with E-state index in [1.54, 1.807) is 24.5 Å². The Morgan fingerprint density at radius 3 is 2.60 bits per heavy atom. The van der Waals surface area contributed by atoms with Gasteiger partial charge < -0.3 is 10.6 Å². The fourth-order valence-electron chi connectivity index (χ4n) is 2.98. The number of halogens is 1. The monoisotopic (exact) mass is 335 g/mol. The molecule has 1 aliphatic heterocycles. The van der Waals surface area contributed by atoms with Crippen LogP contribution in [0.15, 0.2) is 54.9 Å². The summed E-state index contributed by atoms with van der Waals surface area (Å²) in [4.78, 5) is 15.7. The molecule has 0 bridgehead atoms. The van der Waals surface area contributed by atoms with Crippen molar-refractivity contribution in [3.8, 4) is 22.6 Å². The van der Waals surface area contributed by atoms with Crippen molar-refractivity contribution in [2.45, 2.75) is 12.5 Å². The number of anilines is 1. The Labute approximate surface area is 145 Å². The van der Waals surface area contributed by atoms with Gasteiger partial charge in [-0.1, -0.05) is 0 Å². The molecule has 1 saturated heterocycles. The summed E-state index contributed by atoms with van der Waals surface area (Å²) in [6.07, 6.45) is 4.44. The van der Waals surface area contributed by atoms with Gasteiger partial charge in [0.15, 0.2) is 5.82 Å². The molecule has 1 aromatic carbocycles. The number of pyridine rings is 1. The highest BCUT2D eigenvalue weighted by atomic mass is 19.1. The van der Waals surface area contributed by atoms with Gasteiger partial charge >= 0.3 is 0 Å². The minimum absolute atomic E-state index is 0.158. The summed E-state index contributed by atoms with van der Waals surface area (Å²) in [7, 11) is 0. The van der Waals surface area contributed by atoms with Gasteiger partial charge in [0.25, 0.3) is 0 Å². The van der Waals surface area contributed by atoms with E-state index in [4.69, 9.17) is 10.7 Å². The molecule has 126 valence electrons. The van der Waals surface area contributed by atoms with E-state index in [-0.39, 0.29) is 11.9 Å². The average Bonchev–Trinajstić information content (AvgIpc) is 3.09. The minimum atomic E-state index is -0.280. The Kier molecular flexibility index (Phi) is 4.11. The number of nitrogens with zero attached hydrogens (tertiary/aromatic N) is 4. The largest absolute Gasteiger partial charge is 0.355 e. The summed E-state index contributed by atoms with van der Waals surface area (Å²) in [5.74, 6) is 1.12. The molecule has 1 aliphatic rings. The van der Waals surface area contributed by atoms with Crippen molar-refractivity contribution in [2.24, 2.45) is 5.73 Å². The number of rotatable bonds is 3. The molecule has 6 heteroatoms. The fourth-order valence-corrected chi connectivity index (χ4v) is 2.98. The molecule has 0 saturated carbocycles. The smallest absolute Gasteiger partial charge is 0.162 e. The van der Waals surface area contributed by atoms with Gasteiger partial charge in [-0.05, 0) is 42.8 Å². The van der Waals surface area contributed by atoms with E-state index in [0.29, 0.717) is 5.82 Å². The van der Waals surface area contributed by atoms with Crippen LogP contribution in [0.5, 0.6) is 0 Å². The predicted octanol–water partition coefficient (Wildman–Crippen LogP) is 2.88. The third-order valence-electron chi connectivity index (χ3n) is 4.32. The van der Waals surface area contributed by atoms with Gasteiger partial charge in [-0.25, -0.2) is 14.4 Å². The number of nitrogens with two attached hydrogens (primary N) is 1. The van der Waals surface area contributed by atoms with Crippen molar-refractivity contribution in [1.82, 2.24) is 15.0 Å². The lowest BCUT2D eigenvalue weighted by Gasteiger charge is -2.18. The van der Waals surface area contributed by atoms with Gasteiger partial charge in [0.05, 0.1) is 5.69 Å². The number of hydrogen-bond acceptors (Lipinski definition) is 5. The highest BCUT2D eigenvalue weighted by molar-refractivity contribution is 5.67. The van der Waals surface area contributed by atoms with E-state index >= 15 is 0 Å². The van der Waals surface area contributed by atoms with Crippen LogP contribution in [0, 0.1) is 5.82 Å². The van der Waals surface area contributed by atoms with Gasteiger partial charge in [0.1, 0.15) is 11.6 Å². The molecular weight excluding hydrogens is 317 g/mol. The highest BCUT2D eigenvalue weighted by Crippen LogP contribution is 2.27. The molecule has 0 amide bonds. The van der Waals surface area contributed by atoms with Crippen molar-refractivity contribution >= 4 is 5.82 Å². The van der Waals surface area contributed by atoms with Crippen LogP contribution in [0.1, 0.15) is 6.42 Å². The first-order valence-corrected chi connectivity index (χ1v) is 8.25. The molecule has 0 aliphatic carbocycles.